The van der Waals surface area contributed by atoms with Crippen LogP contribution in [-0.4, -0.2) is 24.7 Å². The van der Waals surface area contributed by atoms with Crippen molar-refractivity contribution in [3.8, 4) is 5.95 Å². The molecular weight excluding hydrogens is 332 g/mol. The fourth-order valence-electron chi connectivity index (χ4n) is 2.90. The van der Waals surface area contributed by atoms with Gasteiger partial charge in [0.25, 0.3) is 5.95 Å². The van der Waals surface area contributed by atoms with Crippen LogP contribution in [0.1, 0.15) is 17.0 Å². The number of thioether (sulfide) groups is 1. The van der Waals surface area contributed by atoms with E-state index in [0.717, 1.165) is 17.1 Å². The van der Waals surface area contributed by atoms with Crippen molar-refractivity contribution in [2.24, 2.45) is 0 Å². The van der Waals surface area contributed by atoms with E-state index in [4.69, 9.17) is 5.84 Å². The van der Waals surface area contributed by atoms with Gasteiger partial charge in [-0.3, -0.25) is 0 Å². The molecule has 0 aliphatic heterocycles. The van der Waals surface area contributed by atoms with Gasteiger partial charge in [-0.25, -0.2) is 9.36 Å². The highest BCUT2D eigenvalue weighted by atomic mass is 32.2. The molecule has 25 heavy (non-hydrogen) atoms. The molecule has 2 N–H and O–H groups in total. The molecule has 0 aliphatic rings. The Morgan fingerprint density at radius 2 is 1.84 bits per heavy atom. The summed E-state index contributed by atoms with van der Waals surface area (Å²) in [4.78, 5) is 0. The summed E-state index contributed by atoms with van der Waals surface area (Å²) in [7, 11) is 0. The van der Waals surface area contributed by atoms with Crippen molar-refractivity contribution in [1.82, 2.24) is 24.7 Å². The van der Waals surface area contributed by atoms with E-state index in [1.165, 1.54) is 21.0 Å². The van der Waals surface area contributed by atoms with Crippen LogP contribution >= 0.6 is 11.8 Å². The minimum absolute atomic E-state index is 0.519. The second kappa shape index (κ2) is 6.25. The Bertz CT molecular complexity index is 1040. The molecule has 0 saturated heterocycles. The summed E-state index contributed by atoms with van der Waals surface area (Å²) >= 11 is 1.57. The highest BCUT2D eigenvalue weighted by Gasteiger charge is 2.15. The van der Waals surface area contributed by atoms with Crippen LogP contribution in [0.15, 0.2) is 53.7 Å². The zero-order valence-corrected chi connectivity index (χ0v) is 14.9. The average molecular weight is 350 g/mol. The van der Waals surface area contributed by atoms with Crippen LogP contribution < -0.4 is 5.84 Å². The van der Waals surface area contributed by atoms with Gasteiger partial charge in [0.2, 0.25) is 5.16 Å². The van der Waals surface area contributed by atoms with E-state index in [0.29, 0.717) is 11.1 Å². The van der Waals surface area contributed by atoms with E-state index in [1.807, 2.05) is 19.9 Å². The van der Waals surface area contributed by atoms with Gasteiger partial charge in [-0.2, -0.15) is 5.10 Å². The summed E-state index contributed by atoms with van der Waals surface area (Å²) in [5.74, 6) is 7.49. The lowest BCUT2D eigenvalue weighted by Gasteiger charge is -2.07. The molecule has 0 bridgehead atoms. The van der Waals surface area contributed by atoms with Crippen molar-refractivity contribution in [1.29, 1.82) is 0 Å². The first kappa shape index (κ1) is 15.7. The number of fused-ring (bicyclic) bond motifs is 1. The second-order valence-corrected chi connectivity index (χ2v) is 6.86. The topological polar surface area (TPSA) is 74.5 Å². The summed E-state index contributed by atoms with van der Waals surface area (Å²) in [5, 5.41) is 16.0. The third-order valence-electron chi connectivity index (χ3n) is 4.08. The molecule has 0 radical (unpaired) electrons. The Morgan fingerprint density at radius 1 is 1.04 bits per heavy atom. The predicted molar refractivity (Wildman–Crippen MR) is 100 cm³/mol. The Hall–Kier alpha value is -2.80. The van der Waals surface area contributed by atoms with Crippen molar-refractivity contribution >= 4 is 22.5 Å². The van der Waals surface area contributed by atoms with E-state index in [1.54, 1.807) is 16.4 Å². The van der Waals surface area contributed by atoms with Crippen molar-refractivity contribution in [3.05, 3.63) is 65.5 Å². The number of nitrogens with zero attached hydrogens (tertiary/aromatic N) is 5. The van der Waals surface area contributed by atoms with Crippen LogP contribution in [0.3, 0.4) is 0 Å². The zero-order valence-electron chi connectivity index (χ0n) is 14.0. The minimum atomic E-state index is 0.519. The third kappa shape index (κ3) is 2.87. The summed E-state index contributed by atoms with van der Waals surface area (Å²) < 4.78 is 3.21. The number of hydrogen-bond donors (Lipinski definition) is 1. The Kier molecular flexibility index (Phi) is 3.93. The lowest BCUT2D eigenvalue weighted by molar-refractivity contribution is 0.727. The van der Waals surface area contributed by atoms with Crippen molar-refractivity contribution in [2.75, 3.05) is 5.84 Å². The lowest BCUT2D eigenvalue weighted by Crippen LogP contribution is -2.17. The van der Waals surface area contributed by atoms with Gasteiger partial charge in [-0.1, -0.05) is 54.2 Å². The molecule has 7 heteroatoms. The van der Waals surface area contributed by atoms with Crippen molar-refractivity contribution < 1.29 is 0 Å². The largest absolute Gasteiger partial charge is 0.334 e. The quantitative estimate of drug-likeness (QED) is 0.452. The number of hydrogen-bond acceptors (Lipinski definition) is 5. The van der Waals surface area contributed by atoms with Crippen molar-refractivity contribution in [3.63, 3.8) is 0 Å². The molecule has 2 aromatic heterocycles. The van der Waals surface area contributed by atoms with Gasteiger partial charge >= 0.3 is 0 Å². The molecular formula is C18H18N6S. The molecule has 6 nitrogen and oxygen atoms in total. The summed E-state index contributed by atoms with van der Waals surface area (Å²) in [6, 6.07) is 16.7. The number of nitrogens with two attached hydrogens (primary N) is 1. The number of rotatable bonds is 4. The van der Waals surface area contributed by atoms with Gasteiger partial charge in [0.05, 0.1) is 5.69 Å². The highest BCUT2D eigenvalue weighted by molar-refractivity contribution is 7.98. The second-order valence-electron chi connectivity index (χ2n) is 5.92. The van der Waals surface area contributed by atoms with E-state index in [-0.39, 0.29) is 0 Å². The molecule has 0 atom stereocenters. The van der Waals surface area contributed by atoms with E-state index in [2.05, 4.69) is 57.8 Å². The molecule has 0 saturated carbocycles. The third-order valence-corrected chi connectivity index (χ3v) is 5.07. The first-order chi connectivity index (χ1) is 12.1. The smallest absolute Gasteiger partial charge is 0.271 e. The minimum Gasteiger partial charge on any atom is -0.334 e. The maximum atomic E-state index is 6.20. The van der Waals surface area contributed by atoms with Crippen LogP contribution in [0.25, 0.3) is 16.7 Å². The lowest BCUT2D eigenvalue weighted by atomic mass is 10.1. The molecule has 4 aromatic rings. The van der Waals surface area contributed by atoms with Gasteiger partial charge in [0.15, 0.2) is 0 Å². The number of aryl methyl sites for hydroxylation is 2. The van der Waals surface area contributed by atoms with Gasteiger partial charge in [-0.05, 0) is 36.2 Å². The molecule has 0 spiro atoms. The van der Waals surface area contributed by atoms with Gasteiger partial charge in [-0.15, -0.1) is 10.2 Å². The number of nitrogen functional groups attached to an aromatic ring is 1. The van der Waals surface area contributed by atoms with E-state index >= 15 is 0 Å². The van der Waals surface area contributed by atoms with Crippen LogP contribution in [0, 0.1) is 13.8 Å². The molecule has 2 aromatic carbocycles. The van der Waals surface area contributed by atoms with Crippen LogP contribution in [0.5, 0.6) is 0 Å². The Morgan fingerprint density at radius 3 is 2.64 bits per heavy atom. The first-order valence-corrected chi connectivity index (χ1v) is 8.95. The van der Waals surface area contributed by atoms with Gasteiger partial charge < -0.3 is 5.84 Å². The Balaban J connectivity index is 1.61. The normalized spacial score (nSPS) is 11.3. The van der Waals surface area contributed by atoms with E-state index < -0.39 is 0 Å². The van der Waals surface area contributed by atoms with Crippen LogP contribution in [0.4, 0.5) is 0 Å². The summed E-state index contributed by atoms with van der Waals surface area (Å²) in [6.45, 7) is 3.91. The summed E-state index contributed by atoms with van der Waals surface area (Å²) in [5.41, 5.74) is 3.14. The predicted octanol–water partition coefficient (Wildman–Crippen LogP) is 3.24. The zero-order chi connectivity index (χ0) is 17.4. The maximum absolute atomic E-state index is 6.20. The SMILES string of the molecule is Cc1cc(C)n(-c2nnc(SCc3cccc4ccccc34)n2N)n1. The number of aromatic nitrogens is 5. The molecule has 126 valence electrons. The van der Waals surface area contributed by atoms with E-state index in [9.17, 15) is 0 Å². The molecule has 0 unspecified atom stereocenters. The Labute approximate surface area is 149 Å². The molecule has 2 heterocycles. The highest BCUT2D eigenvalue weighted by Crippen LogP contribution is 2.26. The van der Waals surface area contributed by atoms with Gasteiger partial charge in [0.1, 0.15) is 0 Å². The molecule has 0 amide bonds. The first-order valence-electron chi connectivity index (χ1n) is 7.97. The van der Waals surface area contributed by atoms with Crippen LogP contribution in [-0.2, 0) is 5.75 Å². The fourth-order valence-corrected chi connectivity index (χ4v) is 3.76. The molecule has 0 aliphatic carbocycles. The number of benzene rings is 2. The summed E-state index contributed by atoms with van der Waals surface area (Å²) in [6.07, 6.45) is 0. The van der Waals surface area contributed by atoms with Gasteiger partial charge in [0, 0.05) is 11.4 Å². The molecule has 4 rings (SSSR count). The monoisotopic (exact) mass is 350 g/mol. The van der Waals surface area contributed by atoms with Crippen molar-refractivity contribution in [2.45, 2.75) is 24.8 Å². The molecule has 0 fully saturated rings. The van der Waals surface area contributed by atoms with Crippen LogP contribution in [0.2, 0.25) is 0 Å². The standard InChI is InChI=1S/C18H18N6S/c1-12-10-13(2)24(22-12)17-20-21-18(23(17)19)25-11-15-8-5-7-14-6-3-4-9-16(14)15/h3-10H,11,19H2,1-2H3. The fraction of sp³-hybridized carbons (Fsp3) is 0.167. The average Bonchev–Trinajstić information content (AvgIpc) is 3.14. The maximum Gasteiger partial charge on any atom is 0.271 e.